The van der Waals surface area contributed by atoms with Crippen molar-refractivity contribution in [3.8, 4) is 17.1 Å². The molecule has 0 radical (unpaired) electrons. The number of hydrogen-bond acceptors (Lipinski definition) is 3. The van der Waals surface area contributed by atoms with E-state index in [1.165, 1.54) is 11.1 Å². The SMILES string of the molecule is Cc1cc2oc3ncccc3c2cc1-[n+]1c(-c2c(C)cccc2C)oc(C(C)C)c1C. The molecule has 4 nitrogen and oxygen atoms in total. The molecule has 0 saturated carbocycles. The zero-order chi connectivity index (χ0) is 21.9. The van der Waals surface area contributed by atoms with Crippen LogP contribution in [0.3, 0.4) is 0 Å². The Morgan fingerprint density at radius 1 is 0.839 bits per heavy atom. The Labute approximate surface area is 182 Å². The van der Waals surface area contributed by atoms with E-state index in [1.807, 2.05) is 6.07 Å². The van der Waals surface area contributed by atoms with Crippen LogP contribution in [0.5, 0.6) is 0 Å². The number of nitrogens with zero attached hydrogens (tertiary/aromatic N) is 2. The van der Waals surface area contributed by atoms with E-state index in [0.717, 1.165) is 50.5 Å². The number of aromatic nitrogens is 2. The van der Waals surface area contributed by atoms with Crippen molar-refractivity contribution in [2.45, 2.75) is 47.5 Å². The predicted molar refractivity (Wildman–Crippen MR) is 124 cm³/mol. The van der Waals surface area contributed by atoms with Crippen molar-refractivity contribution in [3.05, 3.63) is 76.8 Å². The average molecular weight is 412 g/mol. The fourth-order valence-corrected chi connectivity index (χ4v) is 4.61. The highest BCUT2D eigenvalue weighted by Crippen LogP contribution is 2.34. The van der Waals surface area contributed by atoms with Gasteiger partial charge in [0.05, 0.1) is 5.56 Å². The van der Waals surface area contributed by atoms with Crippen LogP contribution in [-0.4, -0.2) is 4.98 Å². The zero-order valence-corrected chi connectivity index (χ0v) is 18.9. The van der Waals surface area contributed by atoms with E-state index in [2.05, 4.69) is 87.5 Å². The van der Waals surface area contributed by atoms with Crippen LogP contribution < -0.4 is 4.57 Å². The molecule has 0 amide bonds. The Morgan fingerprint density at radius 2 is 1.58 bits per heavy atom. The molecule has 0 aliphatic heterocycles. The van der Waals surface area contributed by atoms with Crippen molar-refractivity contribution >= 4 is 22.1 Å². The van der Waals surface area contributed by atoms with Crippen molar-refractivity contribution in [2.75, 3.05) is 0 Å². The van der Waals surface area contributed by atoms with Crippen molar-refractivity contribution in [3.63, 3.8) is 0 Å². The third kappa shape index (κ3) is 2.97. The number of fused-ring (bicyclic) bond motifs is 3. The summed E-state index contributed by atoms with van der Waals surface area (Å²) in [6, 6.07) is 14.7. The molecule has 3 heterocycles. The molecule has 0 aliphatic carbocycles. The molecule has 0 aliphatic rings. The molecule has 0 saturated heterocycles. The number of aryl methyl sites for hydroxylation is 3. The molecule has 0 bridgehead atoms. The summed E-state index contributed by atoms with van der Waals surface area (Å²) >= 11 is 0. The normalized spacial score (nSPS) is 11.8. The quantitative estimate of drug-likeness (QED) is 0.304. The molecule has 0 N–H and O–H groups in total. The van der Waals surface area contributed by atoms with Gasteiger partial charge in [0, 0.05) is 41.4 Å². The molecule has 0 unspecified atom stereocenters. The first-order valence-electron chi connectivity index (χ1n) is 10.8. The summed E-state index contributed by atoms with van der Waals surface area (Å²) in [6.07, 6.45) is 1.77. The van der Waals surface area contributed by atoms with Gasteiger partial charge in [-0.05, 0) is 50.1 Å². The van der Waals surface area contributed by atoms with E-state index < -0.39 is 0 Å². The van der Waals surface area contributed by atoms with E-state index in [9.17, 15) is 0 Å². The van der Waals surface area contributed by atoms with E-state index in [-0.39, 0.29) is 5.92 Å². The first-order valence-corrected chi connectivity index (χ1v) is 10.8. The predicted octanol–water partition coefficient (Wildman–Crippen LogP) is 6.87. The standard InChI is InChI=1S/C27H27N2O2/c1-15(2)25-19(6)29(27(31-25)24-16(3)9-7-10-17(24)4)22-14-21-20-11-8-12-28-26(20)30-23(21)13-18(22)5/h7-15H,1-6H3/q+1. The molecule has 5 aromatic rings. The lowest BCUT2D eigenvalue weighted by molar-refractivity contribution is -0.593. The van der Waals surface area contributed by atoms with E-state index in [0.29, 0.717) is 5.71 Å². The number of furan rings is 1. The van der Waals surface area contributed by atoms with Gasteiger partial charge in [-0.15, -0.1) is 4.57 Å². The summed E-state index contributed by atoms with van der Waals surface area (Å²) in [4.78, 5) is 4.39. The Bertz CT molecular complexity index is 1430. The van der Waals surface area contributed by atoms with E-state index in [4.69, 9.17) is 8.83 Å². The minimum atomic E-state index is 0.285. The summed E-state index contributed by atoms with van der Waals surface area (Å²) in [5, 5.41) is 2.09. The molecule has 0 spiro atoms. The molecule has 0 atom stereocenters. The molecular formula is C27H27N2O2+. The smallest absolute Gasteiger partial charge is 0.387 e. The van der Waals surface area contributed by atoms with Gasteiger partial charge < -0.3 is 8.83 Å². The van der Waals surface area contributed by atoms with Gasteiger partial charge >= 0.3 is 5.89 Å². The molecule has 31 heavy (non-hydrogen) atoms. The molecule has 4 heteroatoms. The zero-order valence-electron chi connectivity index (χ0n) is 18.9. The first kappa shape index (κ1) is 19.6. The topological polar surface area (TPSA) is 43.0 Å². The Morgan fingerprint density at radius 3 is 2.29 bits per heavy atom. The second-order valence-corrected chi connectivity index (χ2v) is 8.71. The highest BCUT2D eigenvalue weighted by Gasteiger charge is 2.33. The highest BCUT2D eigenvalue weighted by atomic mass is 16.4. The lowest BCUT2D eigenvalue weighted by Crippen LogP contribution is -2.35. The maximum absolute atomic E-state index is 6.57. The molecule has 3 aromatic heterocycles. The van der Waals surface area contributed by atoms with E-state index in [1.54, 1.807) is 6.20 Å². The van der Waals surface area contributed by atoms with Crippen molar-refractivity contribution in [2.24, 2.45) is 0 Å². The highest BCUT2D eigenvalue weighted by molar-refractivity contribution is 6.04. The van der Waals surface area contributed by atoms with Crippen LogP contribution in [0.4, 0.5) is 0 Å². The largest absolute Gasteiger partial charge is 0.438 e. The maximum atomic E-state index is 6.57. The molecule has 2 aromatic carbocycles. The third-order valence-electron chi connectivity index (χ3n) is 6.13. The van der Waals surface area contributed by atoms with Crippen LogP contribution in [0, 0.1) is 27.7 Å². The van der Waals surface area contributed by atoms with Gasteiger partial charge in [-0.1, -0.05) is 32.0 Å². The molecule has 5 rings (SSSR count). The lowest BCUT2D eigenvalue weighted by atomic mass is 10.0. The molecule has 156 valence electrons. The maximum Gasteiger partial charge on any atom is 0.387 e. The van der Waals surface area contributed by atoms with Gasteiger partial charge in [0.15, 0.2) is 5.76 Å². The number of pyridine rings is 1. The fraction of sp³-hybridized carbons (Fsp3) is 0.259. The Kier molecular flexibility index (Phi) is 4.47. The minimum Gasteiger partial charge on any atom is -0.438 e. The van der Waals surface area contributed by atoms with Crippen LogP contribution in [0.2, 0.25) is 0 Å². The van der Waals surface area contributed by atoms with Gasteiger partial charge in [-0.2, -0.15) is 0 Å². The summed E-state index contributed by atoms with van der Waals surface area (Å²) in [5.74, 6) is 2.17. The fourth-order valence-electron chi connectivity index (χ4n) is 4.61. The summed E-state index contributed by atoms with van der Waals surface area (Å²) in [7, 11) is 0. The summed E-state index contributed by atoms with van der Waals surface area (Å²) in [5.41, 5.74) is 8.43. The number of benzene rings is 2. The average Bonchev–Trinajstić information content (AvgIpc) is 3.24. The van der Waals surface area contributed by atoms with Gasteiger partial charge in [0.1, 0.15) is 5.58 Å². The second kappa shape index (κ2) is 7.09. The number of hydrogen-bond donors (Lipinski definition) is 0. The summed E-state index contributed by atoms with van der Waals surface area (Å²) < 4.78 is 14.9. The molecule has 0 fully saturated rings. The van der Waals surface area contributed by atoms with Crippen LogP contribution in [0.25, 0.3) is 39.2 Å². The summed E-state index contributed by atoms with van der Waals surface area (Å²) in [6.45, 7) is 12.9. The van der Waals surface area contributed by atoms with Crippen LogP contribution in [0.15, 0.2) is 57.5 Å². The van der Waals surface area contributed by atoms with Crippen LogP contribution >= 0.6 is 0 Å². The van der Waals surface area contributed by atoms with E-state index >= 15 is 0 Å². The number of rotatable bonds is 3. The monoisotopic (exact) mass is 411 g/mol. The van der Waals surface area contributed by atoms with Crippen LogP contribution in [0.1, 0.15) is 47.9 Å². The van der Waals surface area contributed by atoms with Crippen molar-refractivity contribution < 1.29 is 13.4 Å². The Hall–Kier alpha value is -3.40. The van der Waals surface area contributed by atoms with Gasteiger partial charge in [0.2, 0.25) is 17.1 Å². The Balaban J connectivity index is 1.87. The third-order valence-corrected chi connectivity index (χ3v) is 6.13. The molecular weight excluding hydrogens is 384 g/mol. The lowest BCUT2D eigenvalue weighted by Gasteiger charge is -2.06. The van der Waals surface area contributed by atoms with Crippen molar-refractivity contribution in [1.29, 1.82) is 0 Å². The van der Waals surface area contributed by atoms with Crippen LogP contribution in [-0.2, 0) is 0 Å². The minimum absolute atomic E-state index is 0.285. The van der Waals surface area contributed by atoms with Gasteiger partial charge in [-0.3, -0.25) is 0 Å². The first-order chi connectivity index (χ1) is 14.9. The number of oxazole rings is 1. The second-order valence-electron chi connectivity index (χ2n) is 8.71. The van der Waals surface area contributed by atoms with Crippen molar-refractivity contribution in [1.82, 2.24) is 4.98 Å². The van der Waals surface area contributed by atoms with Gasteiger partial charge in [-0.25, -0.2) is 4.98 Å². The van der Waals surface area contributed by atoms with Gasteiger partial charge in [0.25, 0.3) is 0 Å².